The first kappa shape index (κ1) is 32.6. The Bertz CT molecular complexity index is 1450. The number of hydrogen-bond donors (Lipinski definition) is 2. The van der Waals surface area contributed by atoms with E-state index in [0.29, 0.717) is 37.3 Å². The van der Waals surface area contributed by atoms with Gasteiger partial charge in [-0.2, -0.15) is 5.10 Å². The quantitative estimate of drug-likeness (QED) is 0.293. The number of urea groups is 1. The minimum atomic E-state index is -4.89. The summed E-state index contributed by atoms with van der Waals surface area (Å²) in [6, 6.07) is 12.8. The van der Waals surface area contributed by atoms with E-state index < -0.39 is 23.7 Å². The number of anilines is 1. The Morgan fingerprint density at radius 1 is 1.05 bits per heavy atom. The number of methoxy groups -OCH3 is 1. The second kappa shape index (κ2) is 13.6. The summed E-state index contributed by atoms with van der Waals surface area (Å²) in [6.07, 6.45) is -3.91. The van der Waals surface area contributed by atoms with Crippen LogP contribution in [0.3, 0.4) is 0 Å². The SMILES string of the molecule is COCc1ccc(OC(F)(F)F)c(CNC(=O)Nc2c(C)c(C3CCN(C(=O)OC(C)(C)C)CC3)nn2-c2ccccc2)c1. The molecule has 2 N–H and O–H groups in total. The number of likely N-dealkylation sites (tertiary alicyclic amines) is 1. The topological polar surface area (TPSA) is 107 Å². The molecular formula is C31H38F3N5O5. The highest BCUT2D eigenvalue weighted by atomic mass is 19.4. The van der Waals surface area contributed by atoms with Gasteiger partial charge in [0.15, 0.2) is 0 Å². The highest BCUT2D eigenvalue weighted by molar-refractivity contribution is 5.89. The summed E-state index contributed by atoms with van der Waals surface area (Å²) >= 11 is 0. The molecule has 10 nitrogen and oxygen atoms in total. The lowest BCUT2D eigenvalue weighted by atomic mass is 9.91. The molecule has 0 unspecified atom stereocenters. The van der Waals surface area contributed by atoms with Crippen LogP contribution >= 0.6 is 0 Å². The highest BCUT2D eigenvalue weighted by Crippen LogP contribution is 2.34. The first-order chi connectivity index (χ1) is 20.7. The van der Waals surface area contributed by atoms with Crippen molar-refractivity contribution in [2.45, 2.75) is 71.6 Å². The number of nitrogens with zero attached hydrogens (tertiary/aromatic N) is 3. The van der Waals surface area contributed by atoms with Gasteiger partial charge in [0.25, 0.3) is 0 Å². The predicted octanol–water partition coefficient (Wildman–Crippen LogP) is 6.66. The van der Waals surface area contributed by atoms with Crippen molar-refractivity contribution in [1.29, 1.82) is 0 Å². The van der Waals surface area contributed by atoms with Crippen molar-refractivity contribution in [2.75, 3.05) is 25.5 Å². The molecule has 1 aromatic heterocycles. The van der Waals surface area contributed by atoms with Crippen LogP contribution in [0.1, 0.15) is 61.9 Å². The molecule has 1 aliphatic heterocycles. The van der Waals surface area contributed by atoms with Crippen molar-refractivity contribution >= 4 is 17.9 Å². The van der Waals surface area contributed by atoms with E-state index in [1.807, 2.05) is 58.0 Å². The molecule has 0 saturated carbocycles. The molecule has 2 heterocycles. The van der Waals surface area contributed by atoms with Crippen molar-refractivity contribution in [3.8, 4) is 11.4 Å². The molecule has 1 aliphatic rings. The van der Waals surface area contributed by atoms with Crippen LogP contribution in [-0.4, -0.2) is 59.0 Å². The standard InChI is InChI=1S/C31H38F3N5O5/c1-20-26(22-13-15-38(16-14-22)29(41)44-30(2,3)4)37-39(24-9-7-6-8-10-24)27(20)36-28(40)35-18-23-17-21(19-42-5)11-12-25(23)43-31(32,33)34/h6-12,17,22H,13-16,18-19H2,1-5H3,(H2,35,36,40). The van der Waals surface area contributed by atoms with E-state index in [-0.39, 0.29) is 30.7 Å². The predicted molar refractivity (Wildman–Crippen MR) is 158 cm³/mol. The fourth-order valence-corrected chi connectivity index (χ4v) is 5.04. The Balaban J connectivity index is 1.52. The Kier molecular flexibility index (Phi) is 10.1. The summed E-state index contributed by atoms with van der Waals surface area (Å²) in [6.45, 7) is 8.31. The van der Waals surface area contributed by atoms with Gasteiger partial charge in [-0.3, -0.25) is 5.32 Å². The summed E-state index contributed by atoms with van der Waals surface area (Å²) in [5.74, 6) is 0.0502. The van der Waals surface area contributed by atoms with Crippen LogP contribution in [0.5, 0.6) is 5.75 Å². The van der Waals surface area contributed by atoms with Crippen LogP contribution in [0.25, 0.3) is 5.69 Å². The zero-order valence-corrected chi connectivity index (χ0v) is 25.5. The van der Waals surface area contributed by atoms with Crippen LogP contribution in [0.2, 0.25) is 0 Å². The van der Waals surface area contributed by atoms with E-state index >= 15 is 0 Å². The van der Waals surface area contributed by atoms with E-state index in [1.54, 1.807) is 9.58 Å². The Hall–Kier alpha value is -4.26. The molecule has 0 aliphatic carbocycles. The van der Waals surface area contributed by atoms with Gasteiger partial charge in [-0.25, -0.2) is 14.3 Å². The summed E-state index contributed by atoms with van der Waals surface area (Å²) in [7, 11) is 1.47. The third-order valence-corrected chi connectivity index (χ3v) is 7.03. The fourth-order valence-electron chi connectivity index (χ4n) is 5.04. The second-order valence-electron chi connectivity index (χ2n) is 11.6. The van der Waals surface area contributed by atoms with E-state index in [0.717, 1.165) is 16.9 Å². The molecule has 3 amide bonds. The third-order valence-electron chi connectivity index (χ3n) is 7.03. The number of rotatable bonds is 8. The molecule has 13 heteroatoms. The number of benzene rings is 2. The molecule has 1 saturated heterocycles. The molecule has 2 aromatic carbocycles. The van der Waals surface area contributed by atoms with Crippen LogP contribution in [-0.2, 0) is 22.6 Å². The molecular weight excluding hydrogens is 579 g/mol. The number of halogens is 3. The fraction of sp³-hybridized carbons (Fsp3) is 0.452. The van der Waals surface area contributed by atoms with Gasteiger partial charge in [-0.1, -0.05) is 24.3 Å². The number of ether oxygens (including phenoxy) is 3. The highest BCUT2D eigenvalue weighted by Gasteiger charge is 2.33. The Labute approximate surface area is 254 Å². The lowest BCUT2D eigenvalue weighted by Gasteiger charge is -2.33. The smallest absolute Gasteiger partial charge is 0.444 e. The number of alkyl halides is 3. The minimum Gasteiger partial charge on any atom is -0.444 e. The molecule has 238 valence electrons. The molecule has 0 atom stereocenters. The number of hydrogen-bond acceptors (Lipinski definition) is 6. The second-order valence-corrected chi connectivity index (χ2v) is 11.6. The first-order valence-corrected chi connectivity index (χ1v) is 14.3. The van der Waals surface area contributed by atoms with Crippen molar-refractivity contribution in [1.82, 2.24) is 20.0 Å². The van der Waals surface area contributed by atoms with Crippen LogP contribution < -0.4 is 15.4 Å². The Morgan fingerprint density at radius 2 is 1.73 bits per heavy atom. The number of carbonyl (C=O) groups excluding carboxylic acids is 2. The lowest BCUT2D eigenvalue weighted by molar-refractivity contribution is -0.274. The number of piperidine rings is 1. The Morgan fingerprint density at radius 3 is 2.34 bits per heavy atom. The van der Waals surface area contributed by atoms with Crippen LogP contribution in [0.15, 0.2) is 48.5 Å². The van der Waals surface area contributed by atoms with Gasteiger partial charge in [0.1, 0.15) is 17.2 Å². The first-order valence-electron chi connectivity index (χ1n) is 14.3. The van der Waals surface area contributed by atoms with Gasteiger partial charge in [0.2, 0.25) is 0 Å². The average Bonchev–Trinajstić information content (AvgIpc) is 3.27. The van der Waals surface area contributed by atoms with Gasteiger partial charge in [0.05, 0.1) is 18.0 Å². The van der Waals surface area contributed by atoms with Crippen LogP contribution in [0.4, 0.5) is 28.6 Å². The van der Waals surface area contributed by atoms with Gasteiger partial charge in [-0.05, 0) is 70.4 Å². The number of aromatic nitrogens is 2. The van der Waals surface area contributed by atoms with E-state index in [1.165, 1.54) is 25.3 Å². The maximum Gasteiger partial charge on any atom is 0.573 e. The van der Waals surface area contributed by atoms with Gasteiger partial charge in [0, 0.05) is 43.8 Å². The van der Waals surface area contributed by atoms with Crippen molar-refractivity contribution in [2.24, 2.45) is 0 Å². The summed E-state index contributed by atoms with van der Waals surface area (Å²) in [5.41, 5.74) is 2.44. The minimum absolute atomic E-state index is 0.0351. The van der Waals surface area contributed by atoms with Crippen molar-refractivity contribution in [3.63, 3.8) is 0 Å². The maximum atomic E-state index is 13.1. The molecule has 1 fully saturated rings. The molecule has 4 rings (SSSR count). The molecule has 0 spiro atoms. The van der Waals surface area contributed by atoms with Crippen molar-refractivity contribution < 1.29 is 37.0 Å². The van der Waals surface area contributed by atoms with Crippen LogP contribution in [0, 0.1) is 6.92 Å². The largest absolute Gasteiger partial charge is 0.573 e. The summed E-state index contributed by atoms with van der Waals surface area (Å²) < 4.78 is 55.4. The summed E-state index contributed by atoms with van der Waals surface area (Å²) in [4.78, 5) is 27.4. The maximum absolute atomic E-state index is 13.1. The molecule has 3 aromatic rings. The molecule has 0 bridgehead atoms. The summed E-state index contributed by atoms with van der Waals surface area (Å²) in [5, 5.41) is 10.4. The number of para-hydroxylation sites is 1. The van der Waals surface area contributed by atoms with Gasteiger partial charge >= 0.3 is 18.5 Å². The zero-order valence-electron chi connectivity index (χ0n) is 25.5. The van der Waals surface area contributed by atoms with E-state index in [4.69, 9.17) is 14.6 Å². The molecule has 44 heavy (non-hydrogen) atoms. The molecule has 0 radical (unpaired) electrons. The van der Waals surface area contributed by atoms with E-state index in [9.17, 15) is 22.8 Å². The van der Waals surface area contributed by atoms with E-state index in [2.05, 4.69) is 15.4 Å². The monoisotopic (exact) mass is 617 g/mol. The number of carbonyl (C=O) groups is 2. The van der Waals surface area contributed by atoms with Crippen molar-refractivity contribution in [3.05, 3.63) is 70.9 Å². The van der Waals surface area contributed by atoms with Gasteiger partial charge in [-0.15, -0.1) is 13.2 Å². The number of nitrogens with one attached hydrogen (secondary N) is 2. The third kappa shape index (κ3) is 8.65. The average molecular weight is 618 g/mol. The lowest BCUT2D eigenvalue weighted by Crippen LogP contribution is -2.41. The zero-order chi connectivity index (χ0) is 32.1. The normalized spacial score (nSPS) is 14.3. The van der Waals surface area contributed by atoms with Gasteiger partial charge < -0.3 is 24.4 Å². The number of amides is 3.